The van der Waals surface area contributed by atoms with E-state index in [-0.39, 0.29) is 48.3 Å². The minimum absolute atomic E-state index is 0. The van der Waals surface area contributed by atoms with Crippen LogP contribution >= 0.6 is 0 Å². The summed E-state index contributed by atoms with van der Waals surface area (Å²) in [6, 6.07) is 0. The molecule has 0 saturated carbocycles. The van der Waals surface area contributed by atoms with Crippen LogP contribution in [0.4, 0.5) is 0 Å². The molecule has 0 aromatic heterocycles. The van der Waals surface area contributed by atoms with Gasteiger partial charge in [-0.25, -0.2) is 0 Å². The van der Waals surface area contributed by atoms with Crippen molar-refractivity contribution < 1.29 is 24.0 Å². The molecule has 0 heterocycles. The van der Waals surface area contributed by atoms with Crippen LogP contribution in [0.15, 0.2) is 0 Å². The minimum Gasteiger partial charge on any atom is -1.00 e. The Balaban J connectivity index is -0.0000000600. The largest absolute Gasteiger partial charge is 2.00 e. The second-order valence-corrected chi connectivity index (χ2v) is 1.92. The van der Waals surface area contributed by atoms with Gasteiger partial charge in [-0.05, 0) is 0 Å². The molecule has 0 aliphatic carbocycles. The van der Waals surface area contributed by atoms with Gasteiger partial charge >= 0.3 is 68.2 Å². The molecule has 0 spiro atoms. The second-order valence-electron chi connectivity index (χ2n) is 0.502. The molecule has 0 bridgehead atoms. The normalized spacial score (nSPS) is 16.2. The predicted octanol–water partition coefficient (Wildman–Crippen LogP) is -0.879. The third-order valence-corrected chi connectivity index (χ3v) is 1.05. The monoisotopic (exact) mass is 236 g/mol. The fraction of sp³-hybridized carbons (Fsp3) is 0. The van der Waals surface area contributed by atoms with Crippen molar-refractivity contribution in [3.8, 4) is 0 Å². The van der Waals surface area contributed by atoms with Crippen LogP contribution in [0, 0.1) is 0 Å². The molecule has 2 N–H and O–H groups in total. The van der Waals surface area contributed by atoms with Crippen molar-refractivity contribution in [3.05, 3.63) is 0 Å². The van der Waals surface area contributed by atoms with Crippen LogP contribution in [0.5, 0.6) is 0 Å². The Morgan fingerprint density at radius 1 is 1.25 bits per heavy atom. The van der Waals surface area contributed by atoms with Gasteiger partial charge in [0.05, 0.1) is 0 Å². The Morgan fingerprint density at radius 3 is 1.50 bits per heavy atom. The molecule has 0 amide bonds. The van der Waals surface area contributed by atoms with E-state index in [1.54, 1.807) is 0 Å². The summed E-state index contributed by atoms with van der Waals surface area (Å²) in [6.07, 6.45) is 0. The molecule has 0 aromatic rings. The van der Waals surface area contributed by atoms with Crippen LogP contribution in [0.25, 0.3) is 0 Å². The fourth-order valence-electron chi connectivity index (χ4n) is 0.0498. The van der Waals surface area contributed by atoms with Crippen LogP contribution in [0.1, 0.15) is 2.85 Å². The quantitative estimate of drug-likeness (QED) is 0.480. The Kier molecular flexibility index (Phi) is 10.5. The fourth-order valence-corrected chi connectivity index (χ4v) is 0.448. The van der Waals surface area contributed by atoms with E-state index in [0.29, 0.717) is 0 Å². The average Bonchev–Trinajstić information content (AvgIpc) is 1.27. The molecule has 0 fully saturated rings. The second kappa shape index (κ2) is 6.78. The van der Waals surface area contributed by atoms with E-state index < -0.39 is 22.7 Å². The maximum Gasteiger partial charge on any atom is 2.00 e. The molecular formula is H4O5S2Sr. The molecule has 0 rings (SSSR count). The summed E-state index contributed by atoms with van der Waals surface area (Å²) in [5.74, 6) is 0. The summed E-state index contributed by atoms with van der Waals surface area (Å²) >= 11 is -5.29. The van der Waals surface area contributed by atoms with Crippen molar-refractivity contribution >= 4 is 68.2 Å². The molecule has 0 aliphatic rings. The van der Waals surface area contributed by atoms with Gasteiger partial charge in [-0.15, -0.1) is 3.63 Å². The Bertz CT molecular complexity index is 93.8. The summed E-state index contributed by atoms with van der Waals surface area (Å²) in [6.45, 7) is 0. The third-order valence-electron chi connectivity index (χ3n) is 0.116. The zero-order valence-corrected chi connectivity index (χ0v) is 8.75. The maximum atomic E-state index is 9.35. The Labute approximate surface area is 91.0 Å². The smallest absolute Gasteiger partial charge is 1.00 e. The van der Waals surface area contributed by atoms with Crippen LogP contribution in [-0.2, 0) is 26.4 Å². The average molecular weight is 236 g/mol. The van der Waals surface area contributed by atoms with Gasteiger partial charge in [0.2, 0.25) is 0 Å². The molecule has 0 aromatic carbocycles. The molecule has 0 radical (unpaired) electrons. The van der Waals surface area contributed by atoms with Crippen molar-refractivity contribution in [2.75, 3.05) is 0 Å². The topological polar surface area (TPSA) is 83.8 Å². The number of hydrogen-bond donors (Lipinski definition) is 2. The van der Waals surface area contributed by atoms with Crippen molar-refractivity contribution in [3.63, 3.8) is 0 Å². The zero-order chi connectivity index (χ0) is 5.86. The SMILES string of the molecule is O=S(O)OS(=O)O.[H-].[H-].[Sr+2]. The van der Waals surface area contributed by atoms with E-state index in [4.69, 9.17) is 9.11 Å². The molecular weight excluding hydrogens is 232 g/mol. The molecule has 8 heavy (non-hydrogen) atoms. The Morgan fingerprint density at radius 2 is 1.50 bits per heavy atom. The van der Waals surface area contributed by atoms with Gasteiger partial charge in [0.15, 0.2) is 0 Å². The van der Waals surface area contributed by atoms with Crippen LogP contribution in [0.3, 0.4) is 0 Å². The Hall–Kier alpha value is 1.66. The van der Waals surface area contributed by atoms with Crippen LogP contribution in [0.2, 0.25) is 0 Å². The number of hydrogen-bond acceptors (Lipinski definition) is 3. The van der Waals surface area contributed by atoms with E-state index in [0.717, 1.165) is 0 Å². The molecule has 8 heteroatoms. The maximum absolute atomic E-state index is 9.35. The van der Waals surface area contributed by atoms with Gasteiger partial charge in [-0.3, -0.25) is 9.11 Å². The predicted molar refractivity (Wildman–Crippen MR) is 30.6 cm³/mol. The molecule has 0 saturated heterocycles. The number of rotatable bonds is 2. The van der Waals surface area contributed by atoms with Crippen molar-refractivity contribution in [2.24, 2.45) is 0 Å². The molecule has 48 valence electrons. The van der Waals surface area contributed by atoms with E-state index in [2.05, 4.69) is 3.63 Å². The first kappa shape index (κ1) is 12.3. The van der Waals surface area contributed by atoms with E-state index in [1.165, 1.54) is 0 Å². The summed E-state index contributed by atoms with van der Waals surface area (Å²) < 4.78 is 37.2. The first-order valence-corrected chi connectivity index (χ1v) is 3.10. The van der Waals surface area contributed by atoms with Crippen molar-refractivity contribution in [1.82, 2.24) is 0 Å². The summed E-state index contributed by atoms with van der Waals surface area (Å²) in [7, 11) is 0. The van der Waals surface area contributed by atoms with Gasteiger partial charge in [-0.1, -0.05) is 0 Å². The molecule has 0 aliphatic heterocycles. The zero-order valence-electron chi connectivity index (χ0n) is 5.64. The summed E-state index contributed by atoms with van der Waals surface area (Å²) in [5, 5.41) is 0. The van der Waals surface area contributed by atoms with Crippen LogP contribution in [-0.4, -0.2) is 63.0 Å². The first-order chi connectivity index (χ1) is 3.13. The van der Waals surface area contributed by atoms with Crippen molar-refractivity contribution in [1.29, 1.82) is 0 Å². The standard InChI is InChI=1S/H2O5S2.Sr.2H/c1-6(2)5-7(3)4;;;/h(H,1,2)(H,3,4);;;/q;+2;2*-1. The van der Waals surface area contributed by atoms with Crippen molar-refractivity contribution in [2.45, 2.75) is 0 Å². The van der Waals surface area contributed by atoms with Crippen LogP contribution < -0.4 is 0 Å². The van der Waals surface area contributed by atoms with E-state index in [9.17, 15) is 8.42 Å². The third kappa shape index (κ3) is 10.6. The van der Waals surface area contributed by atoms with E-state index in [1.807, 2.05) is 0 Å². The summed E-state index contributed by atoms with van der Waals surface area (Å²) in [4.78, 5) is 0. The van der Waals surface area contributed by atoms with Gasteiger partial charge in [0, 0.05) is 0 Å². The van der Waals surface area contributed by atoms with Gasteiger partial charge < -0.3 is 2.85 Å². The van der Waals surface area contributed by atoms with Gasteiger partial charge in [0.1, 0.15) is 0 Å². The molecule has 5 nitrogen and oxygen atoms in total. The summed E-state index contributed by atoms with van der Waals surface area (Å²) in [5.41, 5.74) is 0. The van der Waals surface area contributed by atoms with E-state index >= 15 is 0 Å². The first-order valence-electron chi connectivity index (χ1n) is 1.03. The minimum atomic E-state index is -2.65. The van der Waals surface area contributed by atoms with Gasteiger partial charge in [0.25, 0.3) is 0 Å². The molecule has 0 atom stereocenters. The van der Waals surface area contributed by atoms with Gasteiger partial charge in [-0.2, -0.15) is 8.42 Å². The molecule has 0 unspecified atom stereocenters.